The van der Waals surface area contributed by atoms with E-state index in [1.165, 1.54) is 23.5 Å². The molecule has 1 heterocycles. The number of nitro groups is 1. The Bertz CT molecular complexity index is 525. The molecule has 0 fully saturated rings. The van der Waals surface area contributed by atoms with Crippen LogP contribution in [0.15, 0.2) is 17.5 Å². The SMILES string of the molecule is O=[N+]([O-])c1cc2scc(I)c2cc1F. The summed E-state index contributed by atoms with van der Waals surface area (Å²) in [4.78, 5) is 9.73. The smallest absolute Gasteiger partial charge is 0.258 e. The fraction of sp³-hybridized carbons (Fsp3) is 0. The molecule has 0 aliphatic rings. The highest BCUT2D eigenvalue weighted by molar-refractivity contribution is 14.1. The van der Waals surface area contributed by atoms with Crippen LogP contribution >= 0.6 is 33.9 Å². The number of rotatable bonds is 1. The minimum atomic E-state index is -0.779. The van der Waals surface area contributed by atoms with Gasteiger partial charge in [0.1, 0.15) is 0 Å². The van der Waals surface area contributed by atoms with Crippen molar-refractivity contribution < 1.29 is 9.31 Å². The summed E-state index contributed by atoms with van der Waals surface area (Å²) in [6.07, 6.45) is 0. The molecular formula is C8H3FINO2S. The molecule has 0 N–H and O–H groups in total. The van der Waals surface area contributed by atoms with E-state index in [9.17, 15) is 14.5 Å². The molecule has 0 atom stereocenters. The van der Waals surface area contributed by atoms with Crippen molar-refractivity contribution >= 4 is 49.7 Å². The van der Waals surface area contributed by atoms with Crippen molar-refractivity contribution in [2.24, 2.45) is 0 Å². The number of halogens is 2. The van der Waals surface area contributed by atoms with Gasteiger partial charge in [-0.25, -0.2) is 0 Å². The molecule has 2 rings (SSSR count). The number of benzene rings is 1. The second kappa shape index (κ2) is 3.43. The molecule has 0 saturated carbocycles. The lowest BCUT2D eigenvalue weighted by Crippen LogP contribution is -1.91. The molecule has 0 radical (unpaired) electrons. The zero-order valence-electron chi connectivity index (χ0n) is 6.66. The minimum Gasteiger partial charge on any atom is -0.258 e. The third-order valence-corrected chi connectivity index (χ3v) is 4.05. The fourth-order valence-electron chi connectivity index (χ4n) is 1.15. The number of hydrogen-bond acceptors (Lipinski definition) is 3. The maximum atomic E-state index is 13.2. The first-order valence-electron chi connectivity index (χ1n) is 3.60. The predicted molar refractivity (Wildman–Crippen MR) is 61.2 cm³/mol. The van der Waals surface area contributed by atoms with Gasteiger partial charge in [-0.1, -0.05) is 0 Å². The Kier molecular flexibility index (Phi) is 2.40. The summed E-state index contributed by atoms with van der Waals surface area (Å²) < 4.78 is 14.8. The molecule has 1 aromatic heterocycles. The third kappa shape index (κ3) is 1.48. The average Bonchev–Trinajstić information content (AvgIpc) is 2.46. The van der Waals surface area contributed by atoms with Crippen molar-refractivity contribution in [3.63, 3.8) is 0 Å². The Morgan fingerprint density at radius 2 is 2.21 bits per heavy atom. The molecule has 0 aliphatic heterocycles. The molecule has 0 unspecified atom stereocenters. The topological polar surface area (TPSA) is 43.1 Å². The Morgan fingerprint density at radius 3 is 2.86 bits per heavy atom. The first kappa shape index (κ1) is 9.78. The molecule has 3 nitrogen and oxygen atoms in total. The van der Waals surface area contributed by atoms with E-state index in [1.54, 1.807) is 0 Å². The van der Waals surface area contributed by atoms with E-state index < -0.39 is 16.4 Å². The summed E-state index contributed by atoms with van der Waals surface area (Å²) in [5, 5.41) is 13.0. The van der Waals surface area contributed by atoms with E-state index in [1.807, 2.05) is 5.38 Å². The minimum absolute atomic E-state index is 0.462. The first-order valence-corrected chi connectivity index (χ1v) is 5.56. The summed E-state index contributed by atoms with van der Waals surface area (Å²) in [6, 6.07) is 2.49. The van der Waals surface area contributed by atoms with E-state index in [2.05, 4.69) is 22.6 Å². The van der Waals surface area contributed by atoms with Crippen LogP contribution in [-0.2, 0) is 0 Å². The predicted octanol–water partition coefficient (Wildman–Crippen LogP) is 3.55. The van der Waals surface area contributed by atoms with E-state index in [-0.39, 0.29) is 0 Å². The maximum Gasteiger partial charge on any atom is 0.306 e. The molecule has 14 heavy (non-hydrogen) atoms. The number of hydrogen-bond donors (Lipinski definition) is 0. The lowest BCUT2D eigenvalue weighted by Gasteiger charge is -1.94. The van der Waals surface area contributed by atoms with Gasteiger partial charge >= 0.3 is 5.69 Å². The number of nitro benzene ring substituents is 1. The summed E-state index contributed by atoms with van der Waals surface area (Å²) >= 11 is 3.45. The molecular weight excluding hydrogens is 320 g/mol. The van der Waals surface area contributed by atoms with Gasteiger partial charge in [0.05, 0.1) is 4.92 Å². The van der Waals surface area contributed by atoms with Crippen LogP contribution in [0, 0.1) is 19.5 Å². The highest BCUT2D eigenvalue weighted by Crippen LogP contribution is 2.32. The largest absolute Gasteiger partial charge is 0.306 e. The third-order valence-electron chi connectivity index (χ3n) is 1.79. The van der Waals surface area contributed by atoms with Gasteiger partial charge in [0.2, 0.25) is 5.82 Å². The lowest BCUT2D eigenvalue weighted by atomic mass is 10.2. The zero-order chi connectivity index (χ0) is 10.3. The molecule has 0 aliphatic carbocycles. The van der Waals surface area contributed by atoms with Crippen LogP contribution in [0.3, 0.4) is 0 Å². The quantitative estimate of drug-likeness (QED) is 0.458. The van der Waals surface area contributed by atoms with Crippen molar-refractivity contribution in [3.05, 3.63) is 37.0 Å². The number of fused-ring (bicyclic) bond motifs is 1. The van der Waals surface area contributed by atoms with Gasteiger partial charge in [-0.15, -0.1) is 11.3 Å². The Balaban J connectivity index is 2.79. The van der Waals surface area contributed by atoms with Crippen molar-refractivity contribution in [3.8, 4) is 0 Å². The molecule has 6 heteroatoms. The van der Waals surface area contributed by atoms with Crippen LogP contribution in [0.4, 0.5) is 10.1 Å². The summed E-state index contributed by atoms with van der Waals surface area (Å²) in [5.41, 5.74) is -0.462. The molecule has 2 aromatic rings. The highest BCUT2D eigenvalue weighted by atomic mass is 127. The lowest BCUT2D eigenvalue weighted by molar-refractivity contribution is -0.387. The standard InChI is InChI=1S/C8H3FINO2S/c9-5-1-4-6(10)3-14-8(4)2-7(5)11(12)13/h1-3H. The summed E-state index contributed by atoms with van der Waals surface area (Å²) in [5.74, 6) is -0.779. The van der Waals surface area contributed by atoms with Crippen LogP contribution in [-0.4, -0.2) is 4.92 Å². The van der Waals surface area contributed by atoms with Crippen molar-refractivity contribution in [1.82, 2.24) is 0 Å². The summed E-state index contributed by atoms with van der Waals surface area (Å²) in [6.45, 7) is 0. The van der Waals surface area contributed by atoms with Crippen molar-refractivity contribution in [1.29, 1.82) is 0 Å². The van der Waals surface area contributed by atoms with Gasteiger partial charge in [0, 0.05) is 25.1 Å². The number of nitrogens with zero attached hydrogens (tertiary/aromatic N) is 1. The van der Waals surface area contributed by atoms with E-state index in [4.69, 9.17) is 0 Å². The Hall–Kier alpha value is -0.760. The Morgan fingerprint density at radius 1 is 1.50 bits per heavy atom. The highest BCUT2D eigenvalue weighted by Gasteiger charge is 2.16. The maximum absolute atomic E-state index is 13.2. The first-order chi connectivity index (χ1) is 6.59. The van der Waals surface area contributed by atoms with Gasteiger partial charge in [-0.05, 0) is 28.7 Å². The van der Waals surface area contributed by atoms with Crippen LogP contribution in [0.2, 0.25) is 0 Å². The average molecular weight is 323 g/mol. The van der Waals surface area contributed by atoms with Crippen LogP contribution in [0.1, 0.15) is 0 Å². The molecule has 0 amide bonds. The van der Waals surface area contributed by atoms with Crippen molar-refractivity contribution in [2.75, 3.05) is 0 Å². The monoisotopic (exact) mass is 323 g/mol. The summed E-state index contributed by atoms with van der Waals surface area (Å²) in [7, 11) is 0. The molecule has 72 valence electrons. The van der Waals surface area contributed by atoms with Gasteiger partial charge in [-0.3, -0.25) is 10.1 Å². The molecule has 1 aromatic carbocycles. The van der Waals surface area contributed by atoms with Gasteiger partial charge in [0.25, 0.3) is 0 Å². The van der Waals surface area contributed by atoms with E-state index in [0.29, 0.717) is 0 Å². The normalized spacial score (nSPS) is 10.7. The molecule has 0 saturated heterocycles. The second-order valence-electron chi connectivity index (χ2n) is 2.64. The van der Waals surface area contributed by atoms with E-state index in [0.717, 1.165) is 13.7 Å². The van der Waals surface area contributed by atoms with Crippen LogP contribution in [0.25, 0.3) is 10.1 Å². The molecule has 0 spiro atoms. The second-order valence-corrected chi connectivity index (χ2v) is 4.71. The Labute approximate surface area is 95.8 Å². The van der Waals surface area contributed by atoms with Crippen molar-refractivity contribution in [2.45, 2.75) is 0 Å². The fourth-order valence-corrected chi connectivity index (χ4v) is 2.99. The van der Waals surface area contributed by atoms with E-state index >= 15 is 0 Å². The van der Waals surface area contributed by atoms with Gasteiger partial charge in [0.15, 0.2) is 0 Å². The molecule has 0 bridgehead atoms. The number of thiophene rings is 1. The van der Waals surface area contributed by atoms with Crippen LogP contribution in [0.5, 0.6) is 0 Å². The van der Waals surface area contributed by atoms with Gasteiger partial charge < -0.3 is 0 Å². The zero-order valence-corrected chi connectivity index (χ0v) is 9.63. The van der Waals surface area contributed by atoms with Crippen LogP contribution < -0.4 is 0 Å². The van der Waals surface area contributed by atoms with Gasteiger partial charge in [-0.2, -0.15) is 4.39 Å².